The lowest BCUT2D eigenvalue weighted by Crippen LogP contribution is -2.36. The highest BCUT2D eigenvalue weighted by molar-refractivity contribution is 5.69. The molecular weight excluding hydrogens is 208 g/mol. The molecule has 0 saturated heterocycles. The first-order valence-corrected chi connectivity index (χ1v) is 6.24. The van der Waals surface area contributed by atoms with Gasteiger partial charge in [0.05, 0.1) is 11.4 Å². The summed E-state index contributed by atoms with van der Waals surface area (Å²) in [4.78, 5) is 0. The third-order valence-electron chi connectivity index (χ3n) is 4.04. The molecule has 0 aromatic heterocycles. The summed E-state index contributed by atoms with van der Waals surface area (Å²) >= 11 is 0. The van der Waals surface area contributed by atoms with Crippen LogP contribution >= 0.6 is 0 Å². The van der Waals surface area contributed by atoms with Gasteiger partial charge in [0.1, 0.15) is 0 Å². The van der Waals surface area contributed by atoms with Gasteiger partial charge in [-0.2, -0.15) is 0 Å². The van der Waals surface area contributed by atoms with E-state index in [1.807, 2.05) is 12.1 Å². The summed E-state index contributed by atoms with van der Waals surface area (Å²) in [6.07, 6.45) is 0. The van der Waals surface area contributed by atoms with E-state index in [-0.39, 0.29) is 10.8 Å². The third kappa shape index (κ3) is 3.15. The fourth-order valence-electron chi connectivity index (χ4n) is 1.51. The number of nitrogens with one attached hydrogen (secondary N) is 1. The standard InChI is InChI=1S/C15H26N2/c1-11-8-7-9-12(16)13(11)17-10-15(5,6)14(2,3)4/h7-9,17H,10,16H2,1-6H3. The molecule has 17 heavy (non-hydrogen) atoms. The number of aryl methyl sites for hydroxylation is 1. The van der Waals surface area contributed by atoms with Crippen molar-refractivity contribution in [3.63, 3.8) is 0 Å². The summed E-state index contributed by atoms with van der Waals surface area (Å²) in [5.41, 5.74) is 9.57. The van der Waals surface area contributed by atoms with Gasteiger partial charge in [-0.25, -0.2) is 0 Å². The Morgan fingerprint density at radius 3 is 2.18 bits per heavy atom. The lowest BCUT2D eigenvalue weighted by atomic mass is 9.69. The van der Waals surface area contributed by atoms with E-state index in [9.17, 15) is 0 Å². The zero-order valence-corrected chi connectivity index (χ0v) is 12.0. The van der Waals surface area contributed by atoms with Crippen LogP contribution in [0.5, 0.6) is 0 Å². The molecule has 0 aliphatic rings. The minimum absolute atomic E-state index is 0.210. The lowest BCUT2D eigenvalue weighted by Gasteiger charge is -2.39. The molecule has 0 radical (unpaired) electrons. The number of nitrogen functional groups attached to an aromatic ring is 1. The molecule has 96 valence electrons. The van der Waals surface area contributed by atoms with Gasteiger partial charge >= 0.3 is 0 Å². The van der Waals surface area contributed by atoms with Crippen molar-refractivity contribution in [1.82, 2.24) is 0 Å². The summed E-state index contributed by atoms with van der Waals surface area (Å²) in [5.74, 6) is 0. The molecule has 1 aromatic rings. The molecule has 1 rings (SSSR count). The van der Waals surface area contributed by atoms with E-state index in [4.69, 9.17) is 5.73 Å². The Kier molecular flexibility index (Phi) is 3.75. The van der Waals surface area contributed by atoms with Crippen molar-refractivity contribution in [2.24, 2.45) is 10.8 Å². The topological polar surface area (TPSA) is 38.0 Å². The van der Waals surface area contributed by atoms with Gasteiger partial charge in [-0.1, -0.05) is 46.8 Å². The Hall–Kier alpha value is -1.18. The summed E-state index contributed by atoms with van der Waals surface area (Å²) in [6.45, 7) is 14.4. The third-order valence-corrected chi connectivity index (χ3v) is 4.04. The minimum atomic E-state index is 0.210. The molecule has 0 unspecified atom stereocenters. The van der Waals surface area contributed by atoms with Gasteiger partial charge in [-0.3, -0.25) is 0 Å². The van der Waals surface area contributed by atoms with Crippen LogP contribution < -0.4 is 11.1 Å². The predicted molar refractivity (Wildman–Crippen MR) is 77.3 cm³/mol. The maximum Gasteiger partial charge on any atom is 0.0603 e. The zero-order chi connectivity index (χ0) is 13.3. The second kappa shape index (κ2) is 4.59. The average Bonchev–Trinajstić information content (AvgIpc) is 2.15. The van der Waals surface area contributed by atoms with Crippen LogP contribution in [0.25, 0.3) is 0 Å². The van der Waals surface area contributed by atoms with Crippen molar-refractivity contribution in [2.75, 3.05) is 17.6 Å². The van der Waals surface area contributed by atoms with E-state index in [1.54, 1.807) is 0 Å². The number of hydrogen-bond donors (Lipinski definition) is 2. The maximum atomic E-state index is 6.00. The van der Waals surface area contributed by atoms with E-state index in [2.05, 4.69) is 52.9 Å². The highest BCUT2D eigenvalue weighted by atomic mass is 14.9. The van der Waals surface area contributed by atoms with E-state index in [1.165, 1.54) is 5.56 Å². The molecule has 0 heterocycles. The van der Waals surface area contributed by atoms with Crippen LogP contribution in [0.2, 0.25) is 0 Å². The van der Waals surface area contributed by atoms with Gasteiger partial charge in [0, 0.05) is 6.54 Å². The molecule has 2 heteroatoms. The molecule has 0 amide bonds. The van der Waals surface area contributed by atoms with Gasteiger partial charge < -0.3 is 11.1 Å². The fraction of sp³-hybridized carbons (Fsp3) is 0.600. The quantitative estimate of drug-likeness (QED) is 0.774. The second-order valence-electron chi connectivity index (χ2n) is 6.53. The summed E-state index contributed by atoms with van der Waals surface area (Å²) in [7, 11) is 0. The van der Waals surface area contributed by atoms with Gasteiger partial charge in [0.2, 0.25) is 0 Å². The highest BCUT2D eigenvalue weighted by Crippen LogP contribution is 2.38. The lowest BCUT2D eigenvalue weighted by molar-refractivity contribution is 0.148. The normalized spacial score (nSPS) is 12.6. The van der Waals surface area contributed by atoms with Gasteiger partial charge in [0.25, 0.3) is 0 Å². The maximum absolute atomic E-state index is 6.00. The number of hydrogen-bond acceptors (Lipinski definition) is 2. The molecular formula is C15H26N2. The van der Waals surface area contributed by atoms with Crippen LogP contribution in [0, 0.1) is 17.8 Å². The molecule has 0 saturated carbocycles. The molecule has 2 nitrogen and oxygen atoms in total. The second-order valence-corrected chi connectivity index (χ2v) is 6.53. The highest BCUT2D eigenvalue weighted by Gasteiger charge is 2.32. The molecule has 0 aliphatic heterocycles. The number of rotatable bonds is 3. The zero-order valence-electron chi connectivity index (χ0n) is 12.0. The smallest absolute Gasteiger partial charge is 0.0603 e. The molecule has 0 aliphatic carbocycles. The van der Waals surface area contributed by atoms with Crippen LogP contribution in [-0.4, -0.2) is 6.54 Å². The Morgan fingerprint density at radius 2 is 1.71 bits per heavy atom. The van der Waals surface area contributed by atoms with Gasteiger partial charge in [-0.05, 0) is 29.4 Å². The summed E-state index contributed by atoms with van der Waals surface area (Å²) in [6, 6.07) is 6.02. The van der Waals surface area contributed by atoms with Crippen molar-refractivity contribution < 1.29 is 0 Å². The van der Waals surface area contributed by atoms with Crippen molar-refractivity contribution in [2.45, 2.75) is 41.5 Å². The monoisotopic (exact) mass is 234 g/mol. The van der Waals surface area contributed by atoms with Crippen molar-refractivity contribution >= 4 is 11.4 Å². The Labute approximate surface area is 106 Å². The minimum Gasteiger partial charge on any atom is -0.397 e. The van der Waals surface area contributed by atoms with Gasteiger partial charge in [0.15, 0.2) is 0 Å². The molecule has 1 aromatic carbocycles. The Morgan fingerprint density at radius 1 is 1.12 bits per heavy atom. The number of anilines is 2. The van der Waals surface area contributed by atoms with Crippen LogP contribution in [0.1, 0.15) is 40.2 Å². The molecule has 3 N–H and O–H groups in total. The Balaban J connectivity index is 2.81. The fourth-order valence-corrected chi connectivity index (χ4v) is 1.51. The molecule has 0 bridgehead atoms. The number of benzene rings is 1. The Bertz CT molecular complexity index is 366. The van der Waals surface area contributed by atoms with Crippen LogP contribution in [-0.2, 0) is 0 Å². The SMILES string of the molecule is Cc1cccc(N)c1NCC(C)(C)C(C)(C)C. The van der Waals surface area contributed by atoms with Crippen LogP contribution in [0.4, 0.5) is 11.4 Å². The predicted octanol–water partition coefficient (Wildman–Crippen LogP) is 4.06. The first-order chi connectivity index (χ1) is 7.65. The average molecular weight is 234 g/mol. The van der Waals surface area contributed by atoms with Crippen LogP contribution in [0.15, 0.2) is 18.2 Å². The van der Waals surface area contributed by atoms with E-state index in [0.717, 1.165) is 17.9 Å². The van der Waals surface area contributed by atoms with Crippen molar-refractivity contribution in [1.29, 1.82) is 0 Å². The van der Waals surface area contributed by atoms with Crippen molar-refractivity contribution in [3.8, 4) is 0 Å². The summed E-state index contributed by atoms with van der Waals surface area (Å²) < 4.78 is 0. The molecule has 0 fully saturated rings. The van der Waals surface area contributed by atoms with E-state index >= 15 is 0 Å². The van der Waals surface area contributed by atoms with Crippen molar-refractivity contribution in [3.05, 3.63) is 23.8 Å². The number of para-hydroxylation sites is 1. The first kappa shape index (κ1) is 13.9. The van der Waals surface area contributed by atoms with E-state index < -0.39 is 0 Å². The van der Waals surface area contributed by atoms with Gasteiger partial charge in [-0.15, -0.1) is 0 Å². The molecule has 0 atom stereocenters. The van der Waals surface area contributed by atoms with E-state index in [0.29, 0.717) is 0 Å². The summed E-state index contributed by atoms with van der Waals surface area (Å²) in [5, 5.41) is 3.50. The molecule has 0 spiro atoms. The number of nitrogens with two attached hydrogens (primary N) is 1. The van der Waals surface area contributed by atoms with Crippen LogP contribution in [0.3, 0.4) is 0 Å². The first-order valence-electron chi connectivity index (χ1n) is 6.24. The largest absolute Gasteiger partial charge is 0.397 e.